The second kappa shape index (κ2) is 7.98. The summed E-state index contributed by atoms with van der Waals surface area (Å²) in [6, 6.07) is 5.20. The number of amides is 2. The Bertz CT molecular complexity index is 1190. The first kappa shape index (κ1) is 19.5. The lowest BCUT2D eigenvalue weighted by atomic mass is 9.95. The number of carbonyl (C=O) groups excluding carboxylic acids is 2. The van der Waals surface area contributed by atoms with Gasteiger partial charge in [-0.15, -0.1) is 0 Å². The van der Waals surface area contributed by atoms with E-state index in [1.54, 1.807) is 21.9 Å². The van der Waals surface area contributed by atoms with Crippen molar-refractivity contribution in [1.82, 2.24) is 24.3 Å². The van der Waals surface area contributed by atoms with Crippen molar-refractivity contribution in [3.05, 3.63) is 58.2 Å². The highest BCUT2D eigenvalue weighted by molar-refractivity contribution is 5.91. The van der Waals surface area contributed by atoms with Crippen LogP contribution in [0.1, 0.15) is 34.7 Å². The molecule has 5 rings (SSSR count). The Hall–Kier alpha value is -3.49. The van der Waals surface area contributed by atoms with Gasteiger partial charge in [0.05, 0.1) is 11.6 Å². The monoisotopic (exact) mass is 421 g/mol. The molecule has 1 fully saturated rings. The molecule has 1 aliphatic carbocycles. The molecule has 9 heteroatoms. The molecule has 0 unspecified atom stereocenters. The molecule has 0 N–H and O–H groups in total. The molecular weight excluding hydrogens is 398 g/mol. The number of rotatable bonds is 3. The molecular formula is C22H23N5O4. The Labute approximate surface area is 178 Å². The number of nitrogens with zero attached hydrogens (tertiary/aromatic N) is 5. The van der Waals surface area contributed by atoms with Gasteiger partial charge in [-0.1, -0.05) is 0 Å². The normalized spacial score (nSPS) is 16.4. The van der Waals surface area contributed by atoms with E-state index in [0.29, 0.717) is 43.0 Å². The third-order valence-corrected chi connectivity index (χ3v) is 6.05. The van der Waals surface area contributed by atoms with Gasteiger partial charge in [0.25, 0.3) is 11.5 Å². The number of fused-ring (bicyclic) bond motifs is 2. The second-order valence-electron chi connectivity index (χ2n) is 8.00. The number of hydrogen-bond donors (Lipinski definition) is 0. The molecule has 0 atom stereocenters. The maximum absolute atomic E-state index is 13.0. The van der Waals surface area contributed by atoms with Crippen LogP contribution in [0.2, 0.25) is 0 Å². The summed E-state index contributed by atoms with van der Waals surface area (Å²) in [7, 11) is 0. The van der Waals surface area contributed by atoms with Gasteiger partial charge in [-0.2, -0.15) is 0 Å². The summed E-state index contributed by atoms with van der Waals surface area (Å²) >= 11 is 0. The quantitative estimate of drug-likeness (QED) is 0.631. The average Bonchev–Trinajstić information content (AvgIpc) is 3.34. The summed E-state index contributed by atoms with van der Waals surface area (Å²) in [5.41, 5.74) is 2.34. The van der Waals surface area contributed by atoms with E-state index >= 15 is 0 Å². The maximum atomic E-state index is 13.0. The molecule has 31 heavy (non-hydrogen) atoms. The van der Waals surface area contributed by atoms with Crippen LogP contribution in [0.5, 0.6) is 0 Å². The van der Waals surface area contributed by atoms with E-state index in [4.69, 9.17) is 4.42 Å². The van der Waals surface area contributed by atoms with Gasteiger partial charge >= 0.3 is 0 Å². The number of carbonyl (C=O) groups is 2. The molecule has 0 spiro atoms. The number of hydrogen-bond acceptors (Lipinski definition) is 6. The van der Waals surface area contributed by atoms with E-state index in [0.717, 1.165) is 36.9 Å². The fourth-order valence-electron chi connectivity index (χ4n) is 4.28. The van der Waals surface area contributed by atoms with Gasteiger partial charge in [-0.3, -0.25) is 19.0 Å². The Morgan fingerprint density at radius 1 is 1.06 bits per heavy atom. The van der Waals surface area contributed by atoms with Gasteiger partial charge in [-0.05, 0) is 49.4 Å². The average molecular weight is 421 g/mol. The van der Waals surface area contributed by atoms with Crippen molar-refractivity contribution >= 4 is 22.8 Å². The van der Waals surface area contributed by atoms with Crippen molar-refractivity contribution in [2.24, 2.45) is 0 Å². The highest BCUT2D eigenvalue weighted by atomic mass is 16.3. The van der Waals surface area contributed by atoms with Crippen molar-refractivity contribution in [2.75, 3.05) is 26.2 Å². The van der Waals surface area contributed by atoms with Crippen LogP contribution in [0, 0.1) is 0 Å². The minimum atomic E-state index is -0.245. The zero-order valence-electron chi connectivity index (χ0n) is 17.1. The van der Waals surface area contributed by atoms with Crippen LogP contribution in [0.4, 0.5) is 0 Å². The van der Waals surface area contributed by atoms with Crippen LogP contribution in [-0.2, 0) is 24.2 Å². The standard InChI is InChI=1S/C22H23N5O4/c28-19(25-7-9-26(10-8-25)22(30)18-6-3-11-31-18)13-27-14-23-20-16(21(27)29)12-15-4-1-2-5-17(15)24-20/h3,6,11-12,14H,1-2,4-5,7-10,13H2. The molecule has 0 saturated carbocycles. The topological polar surface area (TPSA) is 102 Å². The van der Waals surface area contributed by atoms with E-state index in [9.17, 15) is 14.4 Å². The van der Waals surface area contributed by atoms with Crippen LogP contribution in [-0.4, -0.2) is 62.3 Å². The minimum Gasteiger partial charge on any atom is -0.459 e. The van der Waals surface area contributed by atoms with Gasteiger partial charge in [-0.25, -0.2) is 9.97 Å². The molecule has 1 aliphatic heterocycles. The molecule has 3 aromatic rings. The van der Waals surface area contributed by atoms with Gasteiger partial charge in [0.2, 0.25) is 5.91 Å². The van der Waals surface area contributed by atoms with Gasteiger partial charge < -0.3 is 14.2 Å². The summed E-state index contributed by atoms with van der Waals surface area (Å²) in [6.45, 7) is 1.59. The molecule has 9 nitrogen and oxygen atoms in total. The molecule has 3 aromatic heterocycles. The van der Waals surface area contributed by atoms with Crippen LogP contribution in [0.15, 0.2) is 40.0 Å². The fourth-order valence-corrected chi connectivity index (χ4v) is 4.28. The molecule has 0 aromatic carbocycles. The summed E-state index contributed by atoms with van der Waals surface area (Å²) < 4.78 is 6.51. The SMILES string of the molecule is O=C(Cn1cnc2nc3c(cc2c1=O)CCCC3)N1CCN(C(=O)c2ccco2)CC1. The van der Waals surface area contributed by atoms with Gasteiger partial charge in [0.15, 0.2) is 11.4 Å². The van der Waals surface area contributed by atoms with Crippen LogP contribution < -0.4 is 5.56 Å². The highest BCUT2D eigenvalue weighted by Gasteiger charge is 2.26. The van der Waals surface area contributed by atoms with Gasteiger partial charge in [0.1, 0.15) is 12.9 Å². The molecule has 4 heterocycles. The van der Waals surface area contributed by atoms with Crippen LogP contribution in [0.3, 0.4) is 0 Å². The molecule has 0 bridgehead atoms. The molecule has 160 valence electrons. The molecule has 1 saturated heterocycles. The fraction of sp³-hybridized carbons (Fsp3) is 0.409. The number of furan rings is 1. The van der Waals surface area contributed by atoms with E-state index in [2.05, 4.69) is 9.97 Å². The number of aryl methyl sites for hydroxylation is 2. The third kappa shape index (κ3) is 3.71. The Morgan fingerprint density at radius 3 is 2.61 bits per heavy atom. The van der Waals surface area contributed by atoms with Crippen molar-refractivity contribution in [2.45, 2.75) is 32.2 Å². The first-order valence-electron chi connectivity index (χ1n) is 10.6. The summed E-state index contributed by atoms with van der Waals surface area (Å²) in [4.78, 5) is 50.4. The third-order valence-electron chi connectivity index (χ3n) is 6.05. The van der Waals surface area contributed by atoms with Crippen molar-refractivity contribution in [1.29, 1.82) is 0 Å². The number of piperazine rings is 1. The summed E-state index contributed by atoms with van der Waals surface area (Å²) in [6.07, 6.45) is 6.92. The summed E-state index contributed by atoms with van der Waals surface area (Å²) in [5, 5.41) is 0.463. The Balaban J connectivity index is 1.28. The predicted octanol–water partition coefficient (Wildman–Crippen LogP) is 1.25. The van der Waals surface area contributed by atoms with Crippen molar-refractivity contribution in [3.8, 4) is 0 Å². The Kier molecular flexibility index (Phi) is 5.01. The predicted molar refractivity (Wildman–Crippen MR) is 112 cm³/mol. The lowest BCUT2D eigenvalue weighted by Gasteiger charge is -2.34. The second-order valence-corrected chi connectivity index (χ2v) is 8.00. The highest BCUT2D eigenvalue weighted by Crippen LogP contribution is 2.21. The minimum absolute atomic E-state index is 0.0784. The van der Waals surface area contributed by atoms with Gasteiger partial charge in [0, 0.05) is 31.9 Å². The van der Waals surface area contributed by atoms with E-state index in [1.807, 2.05) is 6.07 Å². The molecule has 0 radical (unpaired) electrons. The van der Waals surface area contributed by atoms with E-state index < -0.39 is 0 Å². The Morgan fingerprint density at radius 2 is 1.84 bits per heavy atom. The lowest BCUT2D eigenvalue weighted by molar-refractivity contribution is -0.133. The molecule has 2 amide bonds. The lowest BCUT2D eigenvalue weighted by Crippen LogP contribution is -2.51. The van der Waals surface area contributed by atoms with Crippen LogP contribution in [0.25, 0.3) is 11.0 Å². The van der Waals surface area contributed by atoms with Crippen molar-refractivity contribution in [3.63, 3.8) is 0 Å². The van der Waals surface area contributed by atoms with E-state index in [1.165, 1.54) is 17.2 Å². The smallest absolute Gasteiger partial charge is 0.289 e. The number of aromatic nitrogens is 3. The largest absolute Gasteiger partial charge is 0.459 e. The number of pyridine rings is 1. The molecule has 2 aliphatic rings. The van der Waals surface area contributed by atoms with E-state index in [-0.39, 0.29) is 23.9 Å². The summed E-state index contributed by atoms with van der Waals surface area (Å²) in [5.74, 6) is -0.0495. The maximum Gasteiger partial charge on any atom is 0.289 e. The van der Waals surface area contributed by atoms with Crippen LogP contribution >= 0.6 is 0 Å². The van der Waals surface area contributed by atoms with Crippen molar-refractivity contribution < 1.29 is 14.0 Å². The first-order valence-corrected chi connectivity index (χ1v) is 10.6. The first-order chi connectivity index (χ1) is 15.1. The zero-order valence-corrected chi connectivity index (χ0v) is 17.1. The zero-order chi connectivity index (χ0) is 21.4.